The Morgan fingerprint density at radius 3 is 2.56 bits per heavy atom. The lowest BCUT2D eigenvalue weighted by Crippen LogP contribution is -2.17. The molecule has 2 N–H and O–H groups in total. The summed E-state index contributed by atoms with van der Waals surface area (Å²) in [7, 11) is 0. The minimum absolute atomic E-state index is 0.288. The molecule has 1 amide bonds. The number of carbonyl (C=O) groups excluding carboxylic acids is 1. The standard InChI is InChI=1S/C17H11F3N2OS2/c18-17(19,20)11-5-3-6-12(9-11)21-13-7-2-1-4-10(13)8-14-15(23)22-16(24)25-14/h1-9,21H,(H,22,23,24)/b14-8+. The van der Waals surface area contributed by atoms with Gasteiger partial charge in [-0.1, -0.05) is 48.2 Å². The van der Waals surface area contributed by atoms with Crippen LogP contribution in [0.25, 0.3) is 6.08 Å². The quantitative estimate of drug-likeness (QED) is 0.585. The second-order valence-electron chi connectivity index (χ2n) is 5.14. The number of para-hydroxylation sites is 1. The van der Waals surface area contributed by atoms with E-state index in [2.05, 4.69) is 10.6 Å². The van der Waals surface area contributed by atoms with Gasteiger partial charge in [0.1, 0.15) is 4.32 Å². The van der Waals surface area contributed by atoms with Gasteiger partial charge in [-0.05, 0) is 35.9 Å². The normalized spacial score (nSPS) is 16.2. The molecule has 25 heavy (non-hydrogen) atoms. The minimum Gasteiger partial charge on any atom is -0.355 e. The molecule has 8 heteroatoms. The molecule has 0 spiro atoms. The highest BCUT2D eigenvalue weighted by molar-refractivity contribution is 8.26. The van der Waals surface area contributed by atoms with Gasteiger partial charge in [0.25, 0.3) is 5.91 Å². The van der Waals surface area contributed by atoms with Crippen molar-refractivity contribution >= 4 is 51.7 Å². The molecule has 1 fully saturated rings. The highest BCUT2D eigenvalue weighted by Crippen LogP contribution is 2.33. The Morgan fingerprint density at radius 1 is 1.12 bits per heavy atom. The number of hydrogen-bond acceptors (Lipinski definition) is 4. The second-order valence-corrected chi connectivity index (χ2v) is 6.86. The van der Waals surface area contributed by atoms with E-state index in [9.17, 15) is 18.0 Å². The predicted molar refractivity (Wildman–Crippen MR) is 97.5 cm³/mol. The Labute approximate surface area is 151 Å². The van der Waals surface area contributed by atoms with Crippen molar-refractivity contribution in [2.45, 2.75) is 6.18 Å². The molecule has 0 aromatic heterocycles. The molecule has 0 aliphatic carbocycles. The van der Waals surface area contributed by atoms with Crippen molar-refractivity contribution in [3.63, 3.8) is 0 Å². The molecule has 0 atom stereocenters. The molecule has 3 nitrogen and oxygen atoms in total. The molecular weight excluding hydrogens is 369 g/mol. The molecule has 128 valence electrons. The van der Waals surface area contributed by atoms with E-state index in [-0.39, 0.29) is 5.91 Å². The van der Waals surface area contributed by atoms with E-state index in [4.69, 9.17) is 12.2 Å². The molecule has 0 bridgehead atoms. The summed E-state index contributed by atoms with van der Waals surface area (Å²) in [5, 5.41) is 5.49. The number of benzene rings is 2. The lowest BCUT2D eigenvalue weighted by molar-refractivity contribution is -0.137. The smallest absolute Gasteiger partial charge is 0.355 e. The van der Waals surface area contributed by atoms with Crippen LogP contribution in [0.2, 0.25) is 0 Å². The topological polar surface area (TPSA) is 41.1 Å². The Hall–Kier alpha value is -2.32. The molecule has 1 heterocycles. The number of alkyl halides is 3. The molecule has 0 unspecified atom stereocenters. The number of amides is 1. The highest BCUT2D eigenvalue weighted by Gasteiger charge is 2.30. The van der Waals surface area contributed by atoms with Crippen molar-refractivity contribution < 1.29 is 18.0 Å². The average molecular weight is 380 g/mol. The van der Waals surface area contributed by atoms with Crippen LogP contribution in [0.1, 0.15) is 11.1 Å². The van der Waals surface area contributed by atoms with E-state index < -0.39 is 11.7 Å². The van der Waals surface area contributed by atoms with Crippen LogP contribution in [0, 0.1) is 0 Å². The summed E-state index contributed by atoms with van der Waals surface area (Å²) in [6, 6.07) is 12.0. The molecular formula is C17H11F3N2OS2. The van der Waals surface area contributed by atoms with Crippen LogP contribution in [-0.4, -0.2) is 10.2 Å². The molecule has 1 aliphatic rings. The highest BCUT2D eigenvalue weighted by atomic mass is 32.2. The van der Waals surface area contributed by atoms with Crippen LogP contribution in [0.15, 0.2) is 53.4 Å². The summed E-state index contributed by atoms with van der Waals surface area (Å²) in [6.07, 6.45) is -2.76. The van der Waals surface area contributed by atoms with E-state index >= 15 is 0 Å². The van der Waals surface area contributed by atoms with Gasteiger partial charge < -0.3 is 10.6 Å². The van der Waals surface area contributed by atoms with Gasteiger partial charge in [-0.2, -0.15) is 13.2 Å². The molecule has 1 saturated heterocycles. The zero-order chi connectivity index (χ0) is 18.0. The first-order valence-corrected chi connectivity index (χ1v) is 8.33. The van der Waals surface area contributed by atoms with Gasteiger partial charge >= 0.3 is 6.18 Å². The maximum absolute atomic E-state index is 12.8. The number of thioether (sulfide) groups is 1. The Kier molecular flexibility index (Phi) is 4.82. The van der Waals surface area contributed by atoms with Crippen molar-refractivity contribution in [3.05, 3.63) is 64.6 Å². The molecule has 0 radical (unpaired) electrons. The molecule has 1 aliphatic heterocycles. The van der Waals surface area contributed by atoms with Crippen LogP contribution in [-0.2, 0) is 11.0 Å². The third-order valence-electron chi connectivity index (χ3n) is 3.36. The van der Waals surface area contributed by atoms with Gasteiger partial charge in [-0.15, -0.1) is 0 Å². The second kappa shape index (κ2) is 6.89. The fraction of sp³-hybridized carbons (Fsp3) is 0.0588. The van der Waals surface area contributed by atoms with Gasteiger partial charge in [0, 0.05) is 11.4 Å². The zero-order valence-electron chi connectivity index (χ0n) is 12.6. The predicted octanol–water partition coefficient (Wildman–Crippen LogP) is 4.94. The number of rotatable bonds is 3. The first-order chi connectivity index (χ1) is 11.8. The van der Waals surface area contributed by atoms with Crippen molar-refractivity contribution in [3.8, 4) is 0 Å². The van der Waals surface area contributed by atoms with Crippen molar-refractivity contribution in [1.29, 1.82) is 0 Å². The fourth-order valence-corrected chi connectivity index (χ4v) is 3.26. The van der Waals surface area contributed by atoms with Crippen LogP contribution in [0.5, 0.6) is 0 Å². The van der Waals surface area contributed by atoms with Gasteiger partial charge in [-0.25, -0.2) is 0 Å². The third kappa shape index (κ3) is 4.21. The Bertz CT molecular complexity index is 878. The van der Waals surface area contributed by atoms with E-state index in [1.165, 1.54) is 6.07 Å². The first-order valence-electron chi connectivity index (χ1n) is 7.11. The summed E-state index contributed by atoms with van der Waals surface area (Å²) in [6.45, 7) is 0. The van der Waals surface area contributed by atoms with Crippen LogP contribution in [0.3, 0.4) is 0 Å². The number of hydrogen-bond donors (Lipinski definition) is 2. The van der Waals surface area contributed by atoms with Crippen LogP contribution in [0.4, 0.5) is 24.5 Å². The molecule has 2 aromatic rings. The van der Waals surface area contributed by atoms with E-state index in [1.807, 2.05) is 0 Å². The van der Waals surface area contributed by atoms with Crippen molar-refractivity contribution in [2.24, 2.45) is 0 Å². The Morgan fingerprint density at radius 2 is 1.88 bits per heavy atom. The lowest BCUT2D eigenvalue weighted by atomic mass is 10.1. The van der Waals surface area contributed by atoms with Crippen LogP contribution < -0.4 is 10.6 Å². The van der Waals surface area contributed by atoms with E-state index in [0.717, 1.165) is 23.9 Å². The summed E-state index contributed by atoms with van der Waals surface area (Å²) < 4.78 is 38.9. The zero-order valence-corrected chi connectivity index (χ0v) is 14.2. The average Bonchev–Trinajstić information content (AvgIpc) is 2.86. The van der Waals surface area contributed by atoms with Gasteiger partial charge in [0.15, 0.2) is 0 Å². The lowest BCUT2D eigenvalue weighted by Gasteiger charge is -2.12. The molecule has 3 rings (SSSR count). The van der Waals surface area contributed by atoms with Crippen molar-refractivity contribution in [1.82, 2.24) is 5.32 Å². The summed E-state index contributed by atoms with van der Waals surface area (Å²) in [4.78, 5) is 12.2. The van der Waals surface area contributed by atoms with Gasteiger partial charge in [-0.3, -0.25) is 4.79 Å². The third-order valence-corrected chi connectivity index (χ3v) is 4.52. The summed E-state index contributed by atoms with van der Waals surface area (Å²) >= 11 is 6.09. The SMILES string of the molecule is O=C1NC(=S)S/C1=C/c1ccccc1Nc1cccc(C(F)(F)F)c1. The number of halogens is 3. The fourth-order valence-electron chi connectivity index (χ4n) is 2.23. The first kappa shape index (κ1) is 17.5. The van der Waals surface area contributed by atoms with Crippen molar-refractivity contribution in [2.75, 3.05) is 5.32 Å². The number of nitrogens with one attached hydrogen (secondary N) is 2. The maximum Gasteiger partial charge on any atom is 0.416 e. The largest absolute Gasteiger partial charge is 0.416 e. The number of carbonyl (C=O) groups is 1. The summed E-state index contributed by atoms with van der Waals surface area (Å²) in [5.74, 6) is -0.288. The number of thiocarbonyl (C=S) groups is 1. The van der Waals surface area contributed by atoms with E-state index in [1.54, 1.807) is 36.4 Å². The maximum atomic E-state index is 12.8. The van der Waals surface area contributed by atoms with Gasteiger partial charge in [0.2, 0.25) is 0 Å². The van der Waals surface area contributed by atoms with Gasteiger partial charge in [0.05, 0.1) is 10.5 Å². The summed E-state index contributed by atoms with van der Waals surface area (Å²) in [5.41, 5.74) is 0.826. The minimum atomic E-state index is -4.41. The molecule has 0 saturated carbocycles. The number of anilines is 2. The Balaban J connectivity index is 1.91. The van der Waals surface area contributed by atoms with E-state index in [0.29, 0.717) is 26.2 Å². The molecule has 2 aromatic carbocycles. The van der Waals surface area contributed by atoms with Crippen LogP contribution >= 0.6 is 24.0 Å². The monoisotopic (exact) mass is 380 g/mol.